The number of amides is 1. The Kier molecular flexibility index (Phi) is 3.32. The summed E-state index contributed by atoms with van der Waals surface area (Å²) in [7, 11) is 0. The van der Waals surface area contributed by atoms with Crippen LogP contribution in [0.4, 0.5) is 0 Å². The second-order valence-corrected chi connectivity index (χ2v) is 5.93. The summed E-state index contributed by atoms with van der Waals surface area (Å²) >= 11 is 0. The zero-order valence-electron chi connectivity index (χ0n) is 11.5. The number of hydrogen-bond donors (Lipinski definition) is 0. The minimum absolute atomic E-state index is 0.136. The first-order chi connectivity index (χ1) is 8.70. The molecule has 4 nitrogen and oxygen atoms in total. The van der Waals surface area contributed by atoms with Crippen molar-refractivity contribution in [1.82, 2.24) is 9.80 Å². The summed E-state index contributed by atoms with van der Waals surface area (Å²) in [5.41, 5.74) is 0. The van der Waals surface area contributed by atoms with Crippen LogP contribution in [-0.4, -0.2) is 60.6 Å². The monoisotopic (exact) mass is 252 g/mol. The van der Waals surface area contributed by atoms with Crippen LogP contribution < -0.4 is 0 Å². The second-order valence-electron chi connectivity index (χ2n) is 5.93. The average Bonchev–Trinajstić information content (AvgIpc) is 2.99. The third-order valence-electron chi connectivity index (χ3n) is 5.06. The minimum Gasteiger partial charge on any atom is -0.374 e. The summed E-state index contributed by atoms with van der Waals surface area (Å²) in [6.45, 7) is 9.31. The predicted molar refractivity (Wildman–Crippen MR) is 69.2 cm³/mol. The number of hydrogen-bond acceptors (Lipinski definition) is 3. The lowest BCUT2D eigenvalue weighted by molar-refractivity contribution is -0.140. The SMILES string of the molecule is CCN1CCN(C(=O)C2C(C)[C@H]3CC[C@@H]2O3)CC1. The number of nitrogens with zero attached hydrogens (tertiary/aromatic N) is 2. The second kappa shape index (κ2) is 4.82. The van der Waals surface area contributed by atoms with Gasteiger partial charge in [0.2, 0.25) is 5.91 Å². The van der Waals surface area contributed by atoms with Gasteiger partial charge in [-0.2, -0.15) is 0 Å². The fourth-order valence-electron chi connectivity index (χ4n) is 3.79. The third-order valence-corrected chi connectivity index (χ3v) is 5.06. The van der Waals surface area contributed by atoms with Gasteiger partial charge in [0.05, 0.1) is 18.1 Å². The zero-order chi connectivity index (χ0) is 12.7. The Labute approximate surface area is 109 Å². The van der Waals surface area contributed by atoms with Crippen LogP contribution in [0.25, 0.3) is 0 Å². The van der Waals surface area contributed by atoms with E-state index < -0.39 is 0 Å². The predicted octanol–water partition coefficient (Wildman–Crippen LogP) is 0.964. The molecule has 0 spiro atoms. The number of fused-ring (bicyclic) bond motifs is 2. The summed E-state index contributed by atoms with van der Waals surface area (Å²) in [4.78, 5) is 17.1. The van der Waals surface area contributed by atoms with Gasteiger partial charge in [0, 0.05) is 26.2 Å². The van der Waals surface area contributed by atoms with Crippen LogP contribution in [0, 0.1) is 11.8 Å². The Morgan fingerprint density at radius 3 is 2.39 bits per heavy atom. The molecule has 2 unspecified atom stereocenters. The van der Waals surface area contributed by atoms with Crippen molar-refractivity contribution in [2.24, 2.45) is 11.8 Å². The highest BCUT2D eigenvalue weighted by atomic mass is 16.5. The van der Waals surface area contributed by atoms with Crippen molar-refractivity contribution in [2.75, 3.05) is 32.7 Å². The van der Waals surface area contributed by atoms with Crippen molar-refractivity contribution in [1.29, 1.82) is 0 Å². The van der Waals surface area contributed by atoms with Crippen LogP contribution in [0.1, 0.15) is 26.7 Å². The summed E-state index contributed by atoms with van der Waals surface area (Å²) in [6, 6.07) is 0. The Morgan fingerprint density at radius 2 is 1.83 bits per heavy atom. The van der Waals surface area contributed by atoms with Crippen molar-refractivity contribution < 1.29 is 9.53 Å². The molecule has 0 aromatic carbocycles. The highest BCUT2D eigenvalue weighted by molar-refractivity contribution is 5.80. The lowest BCUT2D eigenvalue weighted by Crippen LogP contribution is -2.52. The van der Waals surface area contributed by atoms with Crippen molar-refractivity contribution >= 4 is 5.91 Å². The Hall–Kier alpha value is -0.610. The van der Waals surface area contributed by atoms with Crippen molar-refractivity contribution in [3.05, 3.63) is 0 Å². The van der Waals surface area contributed by atoms with Gasteiger partial charge in [-0.1, -0.05) is 13.8 Å². The molecule has 3 saturated heterocycles. The molecule has 0 aliphatic carbocycles. The third kappa shape index (κ3) is 1.95. The number of ether oxygens (including phenoxy) is 1. The fourth-order valence-corrected chi connectivity index (χ4v) is 3.79. The Bertz CT molecular complexity index is 324. The molecule has 0 saturated carbocycles. The molecule has 1 amide bonds. The number of rotatable bonds is 2. The molecular formula is C14H24N2O2. The van der Waals surface area contributed by atoms with E-state index in [1.807, 2.05) is 0 Å². The molecular weight excluding hydrogens is 228 g/mol. The van der Waals surface area contributed by atoms with Crippen molar-refractivity contribution in [2.45, 2.75) is 38.9 Å². The highest BCUT2D eigenvalue weighted by Gasteiger charge is 2.51. The van der Waals surface area contributed by atoms with E-state index in [0.717, 1.165) is 45.6 Å². The zero-order valence-corrected chi connectivity index (χ0v) is 11.5. The maximum Gasteiger partial charge on any atom is 0.228 e. The minimum atomic E-state index is 0.136. The summed E-state index contributed by atoms with van der Waals surface area (Å²) in [6.07, 6.45) is 2.79. The van der Waals surface area contributed by atoms with E-state index in [1.165, 1.54) is 0 Å². The quantitative estimate of drug-likeness (QED) is 0.734. The molecule has 0 radical (unpaired) electrons. The molecule has 4 heteroatoms. The highest BCUT2D eigenvalue weighted by Crippen LogP contribution is 2.43. The summed E-state index contributed by atoms with van der Waals surface area (Å²) < 4.78 is 5.89. The van der Waals surface area contributed by atoms with Crippen molar-refractivity contribution in [3.63, 3.8) is 0 Å². The van der Waals surface area contributed by atoms with Gasteiger partial charge >= 0.3 is 0 Å². The first-order valence-corrected chi connectivity index (χ1v) is 7.37. The Balaban J connectivity index is 1.62. The van der Waals surface area contributed by atoms with Gasteiger partial charge in [0.15, 0.2) is 0 Å². The maximum absolute atomic E-state index is 12.6. The molecule has 2 bridgehead atoms. The van der Waals surface area contributed by atoms with E-state index >= 15 is 0 Å². The van der Waals surface area contributed by atoms with Crippen LogP contribution in [0.5, 0.6) is 0 Å². The van der Waals surface area contributed by atoms with Gasteiger partial charge in [-0.15, -0.1) is 0 Å². The lowest BCUT2D eigenvalue weighted by Gasteiger charge is -2.37. The standard InChI is InChI=1S/C14H24N2O2/c1-3-15-6-8-16(9-7-15)14(17)13-10(2)11-4-5-12(13)18-11/h10-13H,3-9H2,1-2H3/t10?,11-,12+,13?/m1/s1. The van der Waals surface area contributed by atoms with E-state index in [4.69, 9.17) is 4.74 Å². The van der Waals surface area contributed by atoms with Gasteiger partial charge in [-0.05, 0) is 25.3 Å². The lowest BCUT2D eigenvalue weighted by atomic mass is 9.79. The number of carbonyl (C=O) groups excluding carboxylic acids is 1. The molecule has 102 valence electrons. The normalized spacial score (nSPS) is 40.4. The van der Waals surface area contributed by atoms with Gasteiger partial charge in [-0.25, -0.2) is 0 Å². The molecule has 18 heavy (non-hydrogen) atoms. The first-order valence-electron chi connectivity index (χ1n) is 7.37. The molecule has 3 aliphatic rings. The van der Waals surface area contributed by atoms with Crippen LogP contribution in [0.3, 0.4) is 0 Å². The molecule has 0 N–H and O–H groups in total. The van der Waals surface area contributed by atoms with E-state index in [0.29, 0.717) is 17.9 Å². The molecule has 4 atom stereocenters. The largest absolute Gasteiger partial charge is 0.374 e. The van der Waals surface area contributed by atoms with E-state index in [1.54, 1.807) is 0 Å². The van der Waals surface area contributed by atoms with Crippen molar-refractivity contribution in [3.8, 4) is 0 Å². The van der Waals surface area contributed by atoms with E-state index in [-0.39, 0.29) is 12.0 Å². The van der Waals surface area contributed by atoms with Crippen LogP contribution in [0.15, 0.2) is 0 Å². The smallest absolute Gasteiger partial charge is 0.228 e. The molecule has 0 aromatic heterocycles. The molecule has 3 fully saturated rings. The molecule has 3 aliphatic heterocycles. The Morgan fingerprint density at radius 1 is 1.17 bits per heavy atom. The van der Waals surface area contributed by atoms with Gasteiger partial charge < -0.3 is 14.5 Å². The fraction of sp³-hybridized carbons (Fsp3) is 0.929. The molecule has 0 aromatic rings. The number of piperazine rings is 1. The number of likely N-dealkylation sites (N-methyl/N-ethyl adjacent to an activating group) is 1. The topological polar surface area (TPSA) is 32.8 Å². The van der Waals surface area contributed by atoms with Crippen LogP contribution in [0.2, 0.25) is 0 Å². The van der Waals surface area contributed by atoms with Gasteiger partial charge in [0.1, 0.15) is 0 Å². The van der Waals surface area contributed by atoms with Crippen LogP contribution in [-0.2, 0) is 9.53 Å². The number of carbonyl (C=O) groups is 1. The maximum atomic E-state index is 12.6. The van der Waals surface area contributed by atoms with Gasteiger partial charge in [-0.3, -0.25) is 4.79 Å². The summed E-state index contributed by atoms with van der Waals surface area (Å²) in [5.74, 6) is 0.905. The first kappa shape index (κ1) is 12.4. The average molecular weight is 252 g/mol. The summed E-state index contributed by atoms with van der Waals surface area (Å²) in [5, 5.41) is 0. The molecule has 3 heterocycles. The van der Waals surface area contributed by atoms with E-state index in [2.05, 4.69) is 23.6 Å². The van der Waals surface area contributed by atoms with Gasteiger partial charge in [0.25, 0.3) is 0 Å². The van der Waals surface area contributed by atoms with Crippen LogP contribution >= 0.6 is 0 Å². The van der Waals surface area contributed by atoms with E-state index in [9.17, 15) is 4.79 Å². The molecule has 3 rings (SSSR count).